The van der Waals surface area contributed by atoms with Crippen molar-refractivity contribution in [3.05, 3.63) is 24.3 Å². The summed E-state index contributed by atoms with van der Waals surface area (Å²) in [7, 11) is 0. The smallest absolute Gasteiger partial charge is 0.380 e. The summed E-state index contributed by atoms with van der Waals surface area (Å²) in [5.74, 6) is -0.853. The SMILES string of the molecule is FC(F)(F)CSc1ccccc1NC1CCCNC1. The number of hydrogen-bond acceptors (Lipinski definition) is 3. The van der Waals surface area contributed by atoms with Gasteiger partial charge in [-0.1, -0.05) is 12.1 Å². The lowest BCUT2D eigenvalue weighted by molar-refractivity contribution is -0.105. The van der Waals surface area contributed by atoms with E-state index in [1.54, 1.807) is 12.1 Å². The second-order valence-electron chi connectivity index (χ2n) is 4.59. The summed E-state index contributed by atoms with van der Waals surface area (Å²) in [4.78, 5) is 0.658. The van der Waals surface area contributed by atoms with Gasteiger partial charge in [0, 0.05) is 23.2 Å². The predicted molar refractivity (Wildman–Crippen MR) is 72.7 cm³/mol. The van der Waals surface area contributed by atoms with Gasteiger partial charge >= 0.3 is 6.18 Å². The molecule has 1 aliphatic rings. The lowest BCUT2D eigenvalue weighted by Gasteiger charge is -2.25. The lowest BCUT2D eigenvalue weighted by Crippen LogP contribution is -2.38. The van der Waals surface area contributed by atoms with E-state index in [1.807, 2.05) is 12.1 Å². The van der Waals surface area contributed by atoms with Crippen LogP contribution < -0.4 is 10.6 Å². The van der Waals surface area contributed by atoms with Gasteiger partial charge in [-0.3, -0.25) is 0 Å². The molecule has 2 N–H and O–H groups in total. The average molecular weight is 290 g/mol. The Morgan fingerprint density at radius 2 is 2.11 bits per heavy atom. The van der Waals surface area contributed by atoms with Crippen LogP contribution in [0.25, 0.3) is 0 Å². The molecule has 1 atom stereocenters. The van der Waals surface area contributed by atoms with Crippen LogP contribution in [0.5, 0.6) is 0 Å². The first kappa shape index (κ1) is 14.5. The molecule has 0 spiro atoms. The Hall–Kier alpha value is -0.880. The number of hydrogen-bond donors (Lipinski definition) is 2. The maximum Gasteiger partial charge on any atom is 0.398 e. The number of thioether (sulfide) groups is 1. The van der Waals surface area contributed by atoms with Gasteiger partial charge in [-0.05, 0) is 31.5 Å². The molecule has 0 saturated carbocycles. The predicted octanol–water partition coefficient (Wildman–Crippen LogP) is 3.50. The number of benzene rings is 1. The zero-order chi connectivity index (χ0) is 13.7. The van der Waals surface area contributed by atoms with Crippen LogP contribution in [0, 0.1) is 0 Å². The Labute approximate surface area is 115 Å². The van der Waals surface area contributed by atoms with Gasteiger partial charge in [0.15, 0.2) is 0 Å². The van der Waals surface area contributed by atoms with Crippen LogP contribution in [0.3, 0.4) is 0 Å². The third kappa shape index (κ3) is 4.95. The van der Waals surface area contributed by atoms with Crippen molar-refractivity contribution in [2.45, 2.75) is 30.0 Å². The fourth-order valence-corrected chi connectivity index (χ4v) is 2.84. The molecule has 1 saturated heterocycles. The minimum atomic E-state index is -4.13. The minimum absolute atomic E-state index is 0.293. The topological polar surface area (TPSA) is 24.1 Å². The zero-order valence-corrected chi connectivity index (χ0v) is 11.3. The number of para-hydroxylation sites is 1. The highest BCUT2D eigenvalue weighted by molar-refractivity contribution is 7.99. The van der Waals surface area contributed by atoms with E-state index in [1.165, 1.54) is 0 Å². The molecule has 6 heteroatoms. The molecule has 0 radical (unpaired) electrons. The van der Waals surface area contributed by atoms with Gasteiger partial charge in [-0.15, -0.1) is 11.8 Å². The maximum absolute atomic E-state index is 12.3. The summed E-state index contributed by atoms with van der Waals surface area (Å²) in [5.41, 5.74) is 0.797. The summed E-state index contributed by atoms with van der Waals surface area (Å²) in [6, 6.07) is 7.48. The van der Waals surface area contributed by atoms with Crippen molar-refractivity contribution in [2.75, 3.05) is 24.2 Å². The quantitative estimate of drug-likeness (QED) is 0.830. The monoisotopic (exact) mass is 290 g/mol. The first-order valence-corrected chi connectivity index (χ1v) is 7.29. The highest BCUT2D eigenvalue weighted by Gasteiger charge is 2.27. The van der Waals surface area contributed by atoms with Crippen molar-refractivity contribution in [3.63, 3.8) is 0 Å². The Morgan fingerprint density at radius 3 is 2.79 bits per heavy atom. The van der Waals surface area contributed by atoms with E-state index in [0.717, 1.165) is 43.4 Å². The van der Waals surface area contributed by atoms with Crippen molar-refractivity contribution >= 4 is 17.4 Å². The largest absolute Gasteiger partial charge is 0.398 e. The van der Waals surface area contributed by atoms with Crippen molar-refractivity contribution in [1.29, 1.82) is 0 Å². The van der Waals surface area contributed by atoms with Gasteiger partial charge in [0.1, 0.15) is 0 Å². The lowest BCUT2D eigenvalue weighted by atomic mass is 10.1. The highest BCUT2D eigenvalue weighted by atomic mass is 32.2. The molecule has 0 bridgehead atoms. The minimum Gasteiger partial charge on any atom is -0.380 e. The van der Waals surface area contributed by atoms with E-state index < -0.39 is 11.9 Å². The number of anilines is 1. The molecule has 1 heterocycles. The van der Waals surface area contributed by atoms with Gasteiger partial charge in [0.2, 0.25) is 0 Å². The van der Waals surface area contributed by atoms with Gasteiger partial charge in [-0.2, -0.15) is 13.2 Å². The third-order valence-electron chi connectivity index (χ3n) is 2.93. The summed E-state index contributed by atoms with van der Waals surface area (Å²) in [6.45, 7) is 1.88. The van der Waals surface area contributed by atoms with Crippen LogP contribution in [0.4, 0.5) is 18.9 Å². The van der Waals surface area contributed by atoms with Gasteiger partial charge in [-0.25, -0.2) is 0 Å². The van der Waals surface area contributed by atoms with E-state index in [-0.39, 0.29) is 0 Å². The van der Waals surface area contributed by atoms with Crippen LogP contribution in [0.2, 0.25) is 0 Å². The molecule has 0 aliphatic carbocycles. The third-order valence-corrected chi connectivity index (χ3v) is 4.07. The van der Waals surface area contributed by atoms with Crippen LogP contribution in [0.15, 0.2) is 29.2 Å². The number of alkyl halides is 3. The summed E-state index contributed by atoms with van der Waals surface area (Å²) >= 11 is 0.835. The standard InChI is InChI=1S/C13H17F3N2S/c14-13(15,16)9-19-12-6-2-1-5-11(12)18-10-4-3-7-17-8-10/h1-2,5-6,10,17-18H,3-4,7-9H2. The fourth-order valence-electron chi connectivity index (χ4n) is 2.07. The molecule has 106 valence electrons. The molecule has 19 heavy (non-hydrogen) atoms. The maximum atomic E-state index is 12.3. The Morgan fingerprint density at radius 1 is 1.32 bits per heavy atom. The van der Waals surface area contributed by atoms with Crippen molar-refractivity contribution in [3.8, 4) is 0 Å². The van der Waals surface area contributed by atoms with Gasteiger partial charge in [0.25, 0.3) is 0 Å². The Bertz CT molecular complexity index is 403. The highest BCUT2D eigenvalue weighted by Crippen LogP contribution is 2.32. The van der Waals surface area contributed by atoms with E-state index in [4.69, 9.17) is 0 Å². The molecule has 2 nitrogen and oxygen atoms in total. The van der Waals surface area contributed by atoms with Crippen LogP contribution in [-0.2, 0) is 0 Å². The van der Waals surface area contributed by atoms with Crippen molar-refractivity contribution in [1.82, 2.24) is 5.32 Å². The average Bonchev–Trinajstić information content (AvgIpc) is 2.38. The van der Waals surface area contributed by atoms with Crippen molar-refractivity contribution in [2.24, 2.45) is 0 Å². The normalized spacial score (nSPS) is 20.3. The molecule has 2 rings (SSSR count). The molecule has 1 aromatic carbocycles. The van der Waals surface area contributed by atoms with Crippen LogP contribution in [-0.4, -0.2) is 31.1 Å². The van der Waals surface area contributed by atoms with E-state index >= 15 is 0 Å². The molecular weight excluding hydrogens is 273 g/mol. The summed E-state index contributed by atoms with van der Waals surface area (Å²) < 4.78 is 36.8. The zero-order valence-electron chi connectivity index (χ0n) is 10.5. The second kappa shape index (κ2) is 6.52. The molecular formula is C13H17F3N2S. The Kier molecular flexibility index (Phi) is 4.99. The molecule has 1 fully saturated rings. The van der Waals surface area contributed by atoms with Crippen molar-refractivity contribution < 1.29 is 13.2 Å². The van der Waals surface area contributed by atoms with Crippen LogP contribution >= 0.6 is 11.8 Å². The second-order valence-corrected chi connectivity index (χ2v) is 5.60. The fraction of sp³-hybridized carbons (Fsp3) is 0.538. The van der Waals surface area contributed by atoms with E-state index in [0.29, 0.717) is 10.9 Å². The number of nitrogens with one attached hydrogen (secondary N) is 2. The summed E-state index contributed by atoms with van der Waals surface area (Å²) in [6.07, 6.45) is -2.00. The molecule has 1 aliphatic heterocycles. The molecule has 0 amide bonds. The molecule has 1 aromatic rings. The molecule has 0 aromatic heterocycles. The number of halogens is 3. The summed E-state index contributed by atoms with van der Waals surface area (Å²) in [5, 5.41) is 6.62. The number of rotatable bonds is 4. The first-order valence-electron chi connectivity index (χ1n) is 6.30. The number of piperidine rings is 1. The van der Waals surface area contributed by atoms with E-state index in [2.05, 4.69) is 10.6 Å². The first-order chi connectivity index (χ1) is 9.04. The van der Waals surface area contributed by atoms with E-state index in [9.17, 15) is 13.2 Å². The molecule has 1 unspecified atom stereocenters. The van der Waals surface area contributed by atoms with Gasteiger partial charge < -0.3 is 10.6 Å². The van der Waals surface area contributed by atoms with Crippen LogP contribution in [0.1, 0.15) is 12.8 Å². The Balaban J connectivity index is 1.99. The van der Waals surface area contributed by atoms with Gasteiger partial charge in [0.05, 0.1) is 5.75 Å².